The van der Waals surface area contributed by atoms with E-state index in [1.807, 2.05) is 30.3 Å². The molecule has 10 heteroatoms. The number of carbonyl (C=O) groups is 4. The summed E-state index contributed by atoms with van der Waals surface area (Å²) in [5.41, 5.74) is 2.25. The Morgan fingerprint density at radius 3 is 2.32 bits per heavy atom. The van der Waals surface area contributed by atoms with Crippen LogP contribution in [0.15, 0.2) is 60.8 Å². The normalized spacial score (nSPS) is 13.0. The Morgan fingerprint density at radius 2 is 1.65 bits per heavy atom. The van der Waals surface area contributed by atoms with Crippen molar-refractivity contribution in [3.05, 3.63) is 71.9 Å². The van der Waals surface area contributed by atoms with Crippen LogP contribution in [0.4, 0.5) is 0 Å². The van der Waals surface area contributed by atoms with E-state index in [9.17, 15) is 24.4 Å². The molecule has 0 radical (unpaired) electrons. The topological polar surface area (TPSA) is 168 Å². The lowest BCUT2D eigenvalue weighted by molar-refractivity contribution is -0.132. The number of hydrogen-bond acceptors (Lipinski definition) is 6. The first-order valence-corrected chi connectivity index (χ1v) is 11.7. The monoisotopic (exact) mass is 500 g/mol. The Morgan fingerprint density at radius 1 is 0.973 bits per heavy atom. The number of hydrogen-bond donors (Lipinski definition) is 5. The summed E-state index contributed by atoms with van der Waals surface area (Å²) in [6, 6.07) is 15.0. The molecule has 1 aromatic heterocycles. The van der Waals surface area contributed by atoms with Crippen LogP contribution in [-0.2, 0) is 25.6 Å². The summed E-state index contributed by atoms with van der Waals surface area (Å²) in [7, 11) is 0. The van der Waals surface area contributed by atoms with Crippen molar-refractivity contribution in [2.45, 2.75) is 44.3 Å². The average Bonchev–Trinajstić information content (AvgIpc) is 3.31. The van der Waals surface area contributed by atoms with Gasteiger partial charge in [-0.2, -0.15) is 5.26 Å². The zero-order chi connectivity index (χ0) is 26.8. The van der Waals surface area contributed by atoms with Gasteiger partial charge < -0.3 is 26.3 Å². The Bertz CT molecular complexity index is 1330. The average molecular weight is 501 g/mol. The van der Waals surface area contributed by atoms with Gasteiger partial charge in [0.15, 0.2) is 5.78 Å². The van der Waals surface area contributed by atoms with Crippen LogP contribution in [0.2, 0.25) is 0 Å². The number of nitrogens with zero attached hydrogens (tertiary/aromatic N) is 1. The van der Waals surface area contributed by atoms with Crippen LogP contribution in [0.3, 0.4) is 0 Å². The number of amides is 3. The molecule has 3 amide bonds. The molecule has 37 heavy (non-hydrogen) atoms. The molecule has 10 nitrogen and oxygen atoms in total. The maximum Gasteiger partial charge on any atom is 0.243 e. The van der Waals surface area contributed by atoms with Crippen molar-refractivity contribution in [1.82, 2.24) is 20.9 Å². The minimum Gasteiger partial charge on any atom is -0.361 e. The predicted octanol–water partition coefficient (Wildman–Crippen LogP) is 2.08. The molecule has 5 N–H and O–H groups in total. The molecule has 190 valence electrons. The van der Waals surface area contributed by atoms with Gasteiger partial charge in [-0.1, -0.05) is 48.5 Å². The van der Waals surface area contributed by atoms with Gasteiger partial charge in [-0.3, -0.25) is 19.2 Å². The van der Waals surface area contributed by atoms with Gasteiger partial charge in [0.2, 0.25) is 17.7 Å². The van der Waals surface area contributed by atoms with Crippen molar-refractivity contribution in [3.63, 3.8) is 0 Å². The first kappa shape index (κ1) is 26.8. The fourth-order valence-corrected chi connectivity index (χ4v) is 3.95. The fourth-order valence-electron chi connectivity index (χ4n) is 3.95. The molecule has 3 rings (SSSR count). The van der Waals surface area contributed by atoms with E-state index in [0.717, 1.165) is 16.5 Å². The molecule has 2 aromatic carbocycles. The Kier molecular flexibility index (Phi) is 9.27. The van der Waals surface area contributed by atoms with Gasteiger partial charge in [0.1, 0.15) is 18.1 Å². The minimum absolute atomic E-state index is 0.0847. The molecule has 3 aromatic rings. The third kappa shape index (κ3) is 7.35. The molecule has 3 atom stereocenters. The number of nitriles is 1. The van der Waals surface area contributed by atoms with Crippen molar-refractivity contribution < 1.29 is 19.2 Å². The highest BCUT2D eigenvalue weighted by molar-refractivity contribution is 6.26. The van der Waals surface area contributed by atoms with E-state index < -0.39 is 41.6 Å². The van der Waals surface area contributed by atoms with Crippen molar-refractivity contribution >= 4 is 40.6 Å². The van der Waals surface area contributed by atoms with Crippen LogP contribution in [0.25, 0.3) is 10.9 Å². The van der Waals surface area contributed by atoms with Gasteiger partial charge in [0.05, 0.1) is 12.3 Å². The number of fused-ring (bicyclic) bond motifs is 1. The van der Waals surface area contributed by atoms with Crippen molar-refractivity contribution in [1.29, 1.82) is 10.7 Å². The van der Waals surface area contributed by atoms with Crippen molar-refractivity contribution in [2.24, 2.45) is 0 Å². The number of H-pyrrole nitrogens is 1. The lowest BCUT2D eigenvalue weighted by Crippen LogP contribution is -2.54. The number of carbonyl (C=O) groups excluding carboxylic acids is 4. The molecule has 0 bridgehead atoms. The van der Waals surface area contributed by atoms with Crippen LogP contribution < -0.4 is 16.0 Å². The number of benzene rings is 2. The molecule has 0 unspecified atom stereocenters. The number of nitrogens with one attached hydrogen (secondary N) is 5. The highest BCUT2D eigenvalue weighted by Gasteiger charge is 2.29. The van der Waals surface area contributed by atoms with E-state index in [-0.39, 0.29) is 19.3 Å². The summed E-state index contributed by atoms with van der Waals surface area (Å²) in [6.07, 6.45) is 2.33. The second-order valence-electron chi connectivity index (χ2n) is 8.51. The number of aromatic nitrogens is 1. The first-order valence-electron chi connectivity index (χ1n) is 11.7. The van der Waals surface area contributed by atoms with E-state index in [1.54, 1.807) is 36.5 Å². The van der Waals surface area contributed by atoms with E-state index in [1.165, 1.54) is 6.92 Å². The van der Waals surface area contributed by atoms with Crippen LogP contribution in [0.1, 0.15) is 36.9 Å². The quantitative estimate of drug-likeness (QED) is 0.240. The maximum atomic E-state index is 13.3. The number of para-hydroxylation sites is 1. The number of ketones is 1. The van der Waals surface area contributed by atoms with Crippen LogP contribution in [0.5, 0.6) is 0 Å². The smallest absolute Gasteiger partial charge is 0.243 e. The maximum absolute atomic E-state index is 13.3. The Labute approximate surface area is 213 Å². The van der Waals surface area contributed by atoms with Gasteiger partial charge in [0, 0.05) is 36.9 Å². The van der Waals surface area contributed by atoms with Crippen molar-refractivity contribution in [2.75, 3.05) is 0 Å². The molecule has 0 aliphatic rings. The Balaban J connectivity index is 1.80. The zero-order valence-electron chi connectivity index (χ0n) is 20.3. The largest absolute Gasteiger partial charge is 0.361 e. The molecule has 0 spiro atoms. The highest BCUT2D eigenvalue weighted by Crippen LogP contribution is 2.19. The van der Waals surface area contributed by atoms with Gasteiger partial charge >= 0.3 is 0 Å². The molecule has 0 saturated carbocycles. The summed E-state index contributed by atoms with van der Waals surface area (Å²) in [5.74, 6) is -2.20. The van der Waals surface area contributed by atoms with Gasteiger partial charge in [0.25, 0.3) is 0 Å². The summed E-state index contributed by atoms with van der Waals surface area (Å²) in [6.45, 7) is 1.29. The third-order valence-electron chi connectivity index (χ3n) is 5.81. The van der Waals surface area contributed by atoms with E-state index in [2.05, 4.69) is 20.9 Å². The van der Waals surface area contributed by atoms with Gasteiger partial charge in [-0.15, -0.1) is 0 Å². The van der Waals surface area contributed by atoms with Crippen LogP contribution in [0, 0.1) is 16.7 Å². The molecular formula is C27H28N6O4. The summed E-state index contributed by atoms with van der Waals surface area (Å²) >= 11 is 0. The highest BCUT2D eigenvalue weighted by atomic mass is 16.2. The standard InChI is InChI=1S/C27H28N6O4/c1-17(34)31-24(13-19-16-30-22-10-6-5-9-21(19)22)27(37)32-23(12-11-20(35)14-28)26(36)33-25(15-29)18-7-3-2-4-8-18/h2-10,14,16,23-25,28,30H,11-13H2,1H3,(H,31,34)(H,32,37)(H,33,36)/t23-,24-,25-/m0/s1. The lowest BCUT2D eigenvalue weighted by atomic mass is 10.0. The lowest BCUT2D eigenvalue weighted by Gasteiger charge is -2.24. The van der Waals surface area contributed by atoms with E-state index >= 15 is 0 Å². The Hall–Kier alpha value is -4.78. The number of rotatable bonds is 12. The van der Waals surface area contributed by atoms with Crippen LogP contribution in [-0.4, -0.2) is 46.8 Å². The number of Topliss-reactive ketones (excluding diaryl/α,β-unsaturated/α-hetero) is 1. The van der Waals surface area contributed by atoms with E-state index in [4.69, 9.17) is 5.41 Å². The number of aromatic amines is 1. The summed E-state index contributed by atoms with van der Waals surface area (Å²) in [4.78, 5) is 53.2. The zero-order valence-corrected chi connectivity index (χ0v) is 20.3. The molecule has 0 aliphatic heterocycles. The molecule has 1 heterocycles. The van der Waals surface area contributed by atoms with E-state index in [0.29, 0.717) is 11.8 Å². The fraction of sp³-hybridized carbons (Fsp3) is 0.259. The second kappa shape index (κ2) is 12.8. The molecular weight excluding hydrogens is 472 g/mol. The summed E-state index contributed by atoms with van der Waals surface area (Å²) < 4.78 is 0. The van der Waals surface area contributed by atoms with Gasteiger partial charge in [-0.05, 0) is 23.6 Å². The first-order chi connectivity index (χ1) is 17.8. The molecule has 0 saturated heterocycles. The SMILES string of the molecule is CC(=O)N[C@@H](Cc1c[nH]c2ccccc12)C(=O)N[C@@H](CCC(=O)C=N)C(=O)N[C@@H](C#N)c1ccccc1. The minimum atomic E-state index is -1.17. The molecule has 0 aliphatic carbocycles. The molecule has 0 fully saturated rings. The van der Waals surface area contributed by atoms with Crippen molar-refractivity contribution in [3.8, 4) is 6.07 Å². The third-order valence-corrected chi connectivity index (χ3v) is 5.81. The predicted molar refractivity (Wildman–Crippen MR) is 138 cm³/mol. The second-order valence-corrected chi connectivity index (χ2v) is 8.51. The van der Waals surface area contributed by atoms with Gasteiger partial charge in [-0.25, -0.2) is 0 Å². The summed E-state index contributed by atoms with van der Waals surface area (Å²) in [5, 5.41) is 25.5. The van der Waals surface area contributed by atoms with Crippen LogP contribution >= 0.6 is 0 Å².